The molecule has 1 aromatic rings. The predicted molar refractivity (Wildman–Crippen MR) is 78.4 cm³/mol. The Balaban J connectivity index is 2.69. The summed E-state index contributed by atoms with van der Waals surface area (Å²) in [6.07, 6.45) is 0.778. The number of ether oxygens (including phenoxy) is 1. The number of aromatic nitrogens is 1. The van der Waals surface area contributed by atoms with Crippen LogP contribution in [0.3, 0.4) is 0 Å². The Labute approximate surface area is 115 Å². The normalized spacial score (nSPS) is 11.7. The fourth-order valence-electron chi connectivity index (χ4n) is 1.59. The van der Waals surface area contributed by atoms with Gasteiger partial charge in [0.05, 0.1) is 11.8 Å². The first kappa shape index (κ1) is 15.6. The highest BCUT2D eigenvalue weighted by molar-refractivity contribution is 5.53. The van der Waals surface area contributed by atoms with Gasteiger partial charge in [0.2, 0.25) is 5.88 Å². The molecule has 1 heterocycles. The number of hydrogen-bond donors (Lipinski definition) is 3. The minimum atomic E-state index is 0.0108. The summed E-state index contributed by atoms with van der Waals surface area (Å²) in [5.74, 6) is 1.19. The lowest BCUT2D eigenvalue weighted by atomic mass is 9.90. The van der Waals surface area contributed by atoms with Gasteiger partial charge in [0.15, 0.2) is 0 Å². The smallest absolute Gasteiger partial charge is 0.239 e. The van der Waals surface area contributed by atoms with Gasteiger partial charge in [0.25, 0.3) is 0 Å². The average Bonchev–Trinajstić information content (AvgIpc) is 2.29. The molecule has 5 nitrogen and oxygen atoms in total. The van der Waals surface area contributed by atoms with Gasteiger partial charge in [0, 0.05) is 13.2 Å². The molecule has 0 aliphatic rings. The van der Waals surface area contributed by atoms with Gasteiger partial charge in [-0.15, -0.1) is 0 Å². The van der Waals surface area contributed by atoms with Gasteiger partial charge in [-0.3, -0.25) is 0 Å². The number of nitrogens with two attached hydrogens (primary N) is 1. The number of rotatable bonds is 7. The Morgan fingerprint density at radius 3 is 2.68 bits per heavy atom. The highest BCUT2D eigenvalue weighted by atomic mass is 16.5. The highest BCUT2D eigenvalue weighted by Crippen LogP contribution is 2.24. The predicted octanol–water partition coefficient (Wildman–Crippen LogP) is 2.27. The van der Waals surface area contributed by atoms with Crippen LogP contribution < -0.4 is 15.8 Å². The van der Waals surface area contributed by atoms with E-state index in [9.17, 15) is 0 Å². The van der Waals surface area contributed by atoms with Crippen molar-refractivity contribution in [1.82, 2.24) is 4.98 Å². The molecule has 0 bridgehead atoms. The molecular formula is C14H25N3O2. The summed E-state index contributed by atoms with van der Waals surface area (Å²) in [6, 6.07) is 3.61. The number of nitrogens with one attached hydrogen (secondary N) is 1. The number of nitrogens with zero attached hydrogens (tertiary/aromatic N) is 1. The van der Waals surface area contributed by atoms with Gasteiger partial charge in [-0.2, -0.15) is 4.98 Å². The highest BCUT2D eigenvalue weighted by Gasteiger charge is 2.17. The van der Waals surface area contributed by atoms with Crippen molar-refractivity contribution in [1.29, 1.82) is 0 Å². The molecule has 0 aliphatic carbocycles. The summed E-state index contributed by atoms with van der Waals surface area (Å²) in [5.41, 5.74) is 6.37. The quantitative estimate of drug-likeness (QED) is 0.706. The van der Waals surface area contributed by atoms with Crippen molar-refractivity contribution in [3.05, 3.63) is 12.1 Å². The second-order valence-corrected chi connectivity index (χ2v) is 5.75. The second kappa shape index (κ2) is 6.61. The van der Waals surface area contributed by atoms with E-state index in [4.69, 9.17) is 15.6 Å². The summed E-state index contributed by atoms with van der Waals surface area (Å²) in [4.78, 5) is 4.35. The Morgan fingerprint density at radius 2 is 2.11 bits per heavy atom. The van der Waals surface area contributed by atoms with Crippen LogP contribution in [0.25, 0.3) is 0 Å². The van der Waals surface area contributed by atoms with E-state index in [1.807, 2.05) is 19.9 Å². The molecule has 0 amide bonds. The largest absolute Gasteiger partial charge is 0.473 e. The lowest BCUT2D eigenvalue weighted by molar-refractivity contribution is 0.219. The average molecular weight is 267 g/mol. The molecule has 0 unspecified atom stereocenters. The summed E-state index contributed by atoms with van der Waals surface area (Å²) >= 11 is 0. The third-order valence-corrected chi connectivity index (χ3v) is 2.77. The zero-order valence-electron chi connectivity index (χ0n) is 12.2. The van der Waals surface area contributed by atoms with Crippen molar-refractivity contribution in [2.24, 2.45) is 5.41 Å². The Morgan fingerprint density at radius 1 is 1.42 bits per heavy atom. The maximum absolute atomic E-state index is 9.00. The van der Waals surface area contributed by atoms with Crippen LogP contribution in [0.2, 0.25) is 0 Å². The van der Waals surface area contributed by atoms with Crippen molar-refractivity contribution < 1.29 is 9.84 Å². The first-order valence-corrected chi connectivity index (χ1v) is 6.62. The molecule has 0 saturated carbocycles. The SMILES string of the molecule is CC(C)Oc1nc(NCC(C)(C)CCO)ccc1N. The fraction of sp³-hybridized carbons (Fsp3) is 0.643. The summed E-state index contributed by atoms with van der Waals surface area (Å²) in [7, 11) is 0. The van der Waals surface area contributed by atoms with Crippen LogP contribution in [0.5, 0.6) is 5.88 Å². The minimum absolute atomic E-state index is 0.0108. The molecule has 4 N–H and O–H groups in total. The number of anilines is 2. The van der Waals surface area contributed by atoms with Crippen molar-refractivity contribution >= 4 is 11.5 Å². The summed E-state index contributed by atoms with van der Waals surface area (Å²) in [6.45, 7) is 8.98. The van der Waals surface area contributed by atoms with Gasteiger partial charge in [0.1, 0.15) is 5.82 Å². The number of nitrogen functional groups attached to an aromatic ring is 1. The molecule has 0 aromatic carbocycles. The van der Waals surface area contributed by atoms with Crippen LogP contribution in [0.1, 0.15) is 34.1 Å². The van der Waals surface area contributed by atoms with Crippen LogP contribution in [0.15, 0.2) is 12.1 Å². The van der Waals surface area contributed by atoms with E-state index < -0.39 is 0 Å². The van der Waals surface area contributed by atoms with Crippen LogP contribution in [-0.2, 0) is 0 Å². The van der Waals surface area contributed by atoms with E-state index in [1.165, 1.54) is 0 Å². The van der Waals surface area contributed by atoms with Gasteiger partial charge < -0.3 is 20.9 Å². The molecule has 1 rings (SSSR count). The monoisotopic (exact) mass is 267 g/mol. The van der Waals surface area contributed by atoms with Crippen LogP contribution in [0.4, 0.5) is 11.5 Å². The second-order valence-electron chi connectivity index (χ2n) is 5.75. The maximum atomic E-state index is 9.00. The first-order valence-electron chi connectivity index (χ1n) is 6.62. The molecule has 0 atom stereocenters. The molecule has 0 saturated heterocycles. The van der Waals surface area contributed by atoms with Crippen LogP contribution in [0, 0.1) is 5.41 Å². The molecule has 108 valence electrons. The number of pyridine rings is 1. The third-order valence-electron chi connectivity index (χ3n) is 2.77. The molecule has 19 heavy (non-hydrogen) atoms. The van der Waals surface area contributed by atoms with E-state index in [-0.39, 0.29) is 18.1 Å². The Kier molecular flexibility index (Phi) is 5.42. The molecular weight excluding hydrogens is 242 g/mol. The van der Waals surface area contributed by atoms with E-state index in [2.05, 4.69) is 24.1 Å². The number of hydrogen-bond acceptors (Lipinski definition) is 5. The van der Waals surface area contributed by atoms with Crippen molar-refractivity contribution in [3.63, 3.8) is 0 Å². The van der Waals surface area contributed by atoms with Gasteiger partial charge in [-0.25, -0.2) is 0 Å². The standard InChI is InChI=1S/C14H25N3O2/c1-10(2)19-13-11(15)5-6-12(17-13)16-9-14(3,4)7-8-18/h5-6,10,18H,7-9,15H2,1-4H3,(H,16,17). The lowest BCUT2D eigenvalue weighted by Crippen LogP contribution is -2.24. The topological polar surface area (TPSA) is 80.4 Å². The number of aliphatic hydroxyl groups excluding tert-OH is 1. The zero-order valence-corrected chi connectivity index (χ0v) is 12.2. The van der Waals surface area contributed by atoms with Crippen molar-refractivity contribution in [3.8, 4) is 5.88 Å². The molecule has 1 aromatic heterocycles. The molecule has 0 radical (unpaired) electrons. The van der Waals surface area contributed by atoms with Crippen LogP contribution in [-0.4, -0.2) is 29.3 Å². The molecule has 0 fully saturated rings. The summed E-state index contributed by atoms with van der Waals surface area (Å²) < 4.78 is 5.55. The van der Waals surface area contributed by atoms with Crippen molar-refractivity contribution in [2.45, 2.75) is 40.2 Å². The van der Waals surface area contributed by atoms with Gasteiger partial charge >= 0.3 is 0 Å². The maximum Gasteiger partial charge on any atom is 0.239 e. The minimum Gasteiger partial charge on any atom is -0.473 e. The van der Waals surface area contributed by atoms with Crippen molar-refractivity contribution in [2.75, 3.05) is 24.2 Å². The lowest BCUT2D eigenvalue weighted by Gasteiger charge is -2.24. The van der Waals surface area contributed by atoms with E-state index in [0.717, 1.165) is 18.8 Å². The molecule has 0 spiro atoms. The third kappa shape index (κ3) is 5.34. The Hall–Kier alpha value is -1.49. The number of aliphatic hydroxyl groups is 1. The van der Waals surface area contributed by atoms with E-state index in [1.54, 1.807) is 6.07 Å². The molecule has 5 heteroatoms. The van der Waals surface area contributed by atoms with Gasteiger partial charge in [-0.05, 0) is 37.8 Å². The van der Waals surface area contributed by atoms with E-state index >= 15 is 0 Å². The summed E-state index contributed by atoms with van der Waals surface area (Å²) in [5, 5.41) is 12.3. The van der Waals surface area contributed by atoms with Gasteiger partial charge in [-0.1, -0.05) is 13.8 Å². The van der Waals surface area contributed by atoms with E-state index in [0.29, 0.717) is 11.6 Å². The van der Waals surface area contributed by atoms with Crippen LogP contribution >= 0.6 is 0 Å². The molecule has 0 aliphatic heterocycles. The zero-order chi connectivity index (χ0) is 14.5. The first-order chi connectivity index (χ1) is 8.84. The Bertz CT molecular complexity index is 406. The fourth-order valence-corrected chi connectivity index (χ4v) is 1.59.